The molecule has 138 valence electrons. The van der Waals surface area contributed by atoms with Crippen molar-refractivity contribution < 1.29 is 4.79 Å². The second-order valence-electron chi connectivity index (χ2n) is 7.28. The molecular formula is C22H39NO. The van der Waals surface area contributed by atoms with Crippen LogP contribution in [0.15, 0.2) is 25.3 Å². The molecule has 1 unspecified atom stereocenters. The highest BCUT2D eigenvalue weighted by Crippen LogP contribution is 2.19. The van der Waals surface area contributed by atoms with Gasteiger partial charge < -0.3 is 4.90 Å². The Morgan fingerprint density at radius 3 is 1.79 bits per heavy atom. The van der Waals surface area contributed by atoms with Gasteiger partial charge in [-0.3, -0.25) is 4.79 Å². The summed E-state index contributed by atoms with van der Waals surface area (Å²) in [6.07, 6.45) is 22.2. The average Bonchev–Trinajstić information content (AvgIpc) is 2.95. The summed E-state index contributed by atoms with van der Waals surface area (Å²) in [5.41, 5.74) is 0. The van der Waals surface area contributed by atoms with E-state index >= 15 is 0 Å². The Morgan fingerprint density at radius 2 is 1.33 bits per heavy atom. The summed E-state index contributed by atoms with van der Waals surface area (Å²) in [6.45, 7) is 9.40. The number of unbranched alkanes of at least 4 members (excludes halogenated alkanes) is 12. The first-order chi connectivity index (χ1) is 11.8. The van der Waals surface area contributed by atoms with E-state index in [2.05, 4.69) is 13.2 Å². The van der Waals surface area contributed by atoms with E-state index in [1.165, 1.54) is 83.5 Å². The van der Waals surface area contributed by atoms with Crippen LogP contribution < -0.4 is 0 Å². The van der Waals surface area contributed by atoms with Crippen molar-refractivity contribution in [3.8, 4) is 0 Å². The van der Waals surface area contributed by atoms with Crippen molar-refractivity contribution in [3.63, 3.8) is 0 Å². The van der Waals surface area contributed by atoms with Gasteiger partial charge in [0.2, 0.25) is 5.91 Å². The van der Waals surface area contributed by atoms with Gasteiger partial charge in [0.05, 0.1) is 5.92 Å². The van der Waals surface area contributed by atoms with Gasteiger partial charge in [0.15, 0.2) is 0 Å². The summed E-state index contributed by atoms with van der Waals surface area (Å²) < 4.78 is 0. The van der Waals surface area contributed by atoms with Crippen LogP contribution in [0.3, 0.4) is 0 Å². The standard InChI is InChI=1S/C22H39NO/c1-3-5-6-7-8-9-10-11-12-13-14-15-16-17-19-23-20-18-21(4-2)22(23)24/h3-4,21H,1-2,5-20H2. The lowest BCUT2D eigenvalue weighted by atomic mass is 10.0. The van der Waals surface area contributed by atoms with Gasteiger partial charge in [0.1, 0.15) is 0 Å². The number of carbonyl (C=O) groups is 1. The molecule has 0 aromatic carbocycles. The zero-order chi connectivity index (χ0) is 17.5. The molecular weight excluding hydrogens is 294 g/mol. The zero-order valence-corrected chi connectivity index (χ0v) is 15.8. The van der Waals surface area contributed by atoms with E-state index in [9.17, 15) is 4.79 Å². The van der Waals surface area contributed by atoms with Crippen molar-refractivity contribution in [3.05, 3.63) is 25.3 Å². The van der Waals surface area contributed by atoms with Crippen molar-refractivity contribution in [2.45, 2.75) is 89.9 Å². The number of rotatable bonds is 16. The Kier molecular flexibility index (Phi) is 12.5. The Bertz CT molecular complexity index is 350. The van der Waals surface area contributed by atoms with Gasteiger partial charge in [-0.2, -0.15) is 0 Å². The molecule has 0 N–H and O–H groups in total. The summed E-state index contributed by atoms with van der Waals surface area (Å²) in [5.74, 6) is 0.390. The molecule has 24 heavy (non-hydrogen) atoms. The number of amides is 1. The number of hydrogen-bond donors (Lipinski definition) is 0. The van der Waals surface area contributed by atoms with Crippen LogP contribution in [0.25, 0.3) is 0 Å². The van der Waals surface area contributed by atoms with Crippen LogP contribution in [0.2, 0.25) is 0 Å². The average molecular weight is 334 g/mol. The highest BCUT2D eigenvalue weighted by Gasteiger charge is 2.28. The number of nitrogens with zero attached hydrogens (tertiary/aromatic N) is 1. The molecule has 2 heteroatoms. The molecule has 0 aromatic heterocycles. The predicted molar refractivity (Wildman–Crippen MR) is 105 cm³/mol. The first kappa shape index (κ1) is 21.0. The van der Waals surface area contributed by atoms with Crippen LogP contribution in [-0.2, 0) is 4.79 Å². The van der Waals surface area contributed by atoms with Crippen LogP contribution in [0.4, 0.5) is 0 Å². The molecule has 0 aliphatic carbocycles. The van der Waals surface area contributed by atoms with Crippen LogP contribution in [0.1, 0.15) is 89.9 Å². The molecule has 2 nitrogen and oxygen atoms in total. The zero-order valence-electron chi connectivity index (χ0n) is 15.8. The molecule has 1 atom stereocenters. The van der Waals surface area contributed by atoms with Crippen LogP contribution in [0.5, 0.6) is 0 Å². The van der Waals surface area contributed by atoms with Gasteiger partial charge in [0.25, 0.3) is 0 Å². The van der Waals surface area contributed by atoms with Crippen LogP contribution >= 0.6 is 0 Å². The Balaban J connectivity index is 1.79. The maximum absolute atomic E-state index is 12.0. The Labute approximate surface area is 150 Å². The number of carbonyl (C=O) groups excluding carboxylic acids is 1. The predicted octanol–water partition coefficient (Wildman–Crippen LogP) is 6.28. The maximum atomic E-state index is 12.0. The lowest BCUT2D eigenvalue weighted by molar-refractivity contribution is -0.129. The summed E-state index contributed by atoms with van der Waals surface area (Å²) in [6, 6.07) is 0. The third-order valence-electron chi connectivity index (χ3n) is 5.21. The van der Waals surface area contributed by atoms with Gasteiger partial charge in [-0.25, -0.2) is 0 Å². The van der Waals surface area contributed by atoms with E-state index < -0.39 is 0 Å². The Hall–Kier alpha value is -1.05. The molecule has 1 amide bonds. The topological polar surface area (TPSA) is 20.3 Å². The molecule has 1 saturated heterocycles. The molecule has 0 aromatic rings. The highest BCUT2D eigenvalue weighted by atomic mass is 16.2. The van der Waals surface area contributed by atoms with Crippen molar-refractivity contribution in [1.82, 2.24) is 4.90 Å². The van der Waals surface area contributed by atoms with Gasteiger partial charge in [-0.1, -0.05) is 76.4 Å². The molecule has 1 aliphatic rings. The van der Waals surface area contributed by atoms with Gasteiger partial charge in [-0.15, -0.1) is 13.2 Å². The summed E-state index contributed by atoms with van der Waals surface area (Å²) in [4.78, 5) is 14.0. The van der Waals surface area contributed by atoms with E-state index in [1.807, 2.05) is 17.1 Å². The van der Waals surface area contributed by atoms with Gasteiger partial charge >= 0.3 is 0 Å². The van der Waals surface area contributed by atoms with Gasteiger partial charge in [0, 0.05) is 13.1 Å². The summed E-state index contributed by atoms with van der Waals surface area (Å²) >= 11 is 0. The first-order valence-electron chi connectivity index (χ1n) is 10.3. The molecule has 0 bridgehead atoms. The fraction of sp³-hybridized carbons (Fsp3) is 0.773. The smallest absolute Gasteiger partial charge is 0.229 e. The minimum atomic E-state index is 0.0898. The number of allylic oxidation sites excluding steroid dienone is 1. The van der Waals surface area contributed by atoms with Crippen molar-refractivity contribution in [1.29, 1.82) is 0 Å². The SMILES string of the molecule is C=CCCCCCCCCCCCCCCN1CCC(C=C)C1=O. The van der Waals surface area contributed by atoms with E-state index in [0.717, 1.165) is 19.5 Å². The van der Waals surface area contributed by atoms with Crippen molar-refractivity contribution >= 4 is 5.91 Å². The largest absolute Gasteiger partial charge is 0.342 e. The summed E-state index contributed by atoms with van der Waals surface area (Å²) in [5, 5.41) is 0. The quantitative estimate of drug-likeness (QED) is 0.240. The van der Waals surface area contributed by atoms with E-state index in [1.54, 1.807) is 0 Å². The normalized spacial score (nSPS) is 17.4. The first-order valence-corrected chi connectivity index (χ1v) is 10.3. The summed E-state index contributed by atoms with van der Waals surface area (Å²) in [7, 11) is 0. The van der Waals surface area contributed by atoms with Crippen LogP contribution in [-0.4, -0.2) is 23.9 Å². The molecule has 0 spiro atoms. The van der Waals surface area contributed by atoms with Gasteiger partial charge in [-0.05, 0) is 25.7 Å². The van der Waals surface area contributed by atoms with E-state index in [-0.39, 0.29) is 5.92 Å². The number of hydrogen-bond acceptors (Lipinski definition) is 1. The molecule has 0 radical (unpaired) electrons. The third kappa shape index (κ3) is 9.30. The lowest BCUT2D eigenvalue weighted by Gasteiger charge is -2.15. The second-order valence-corrected chi connectivity index (χ2v) is 7.28. The van der Waals surface area contributed by atoms with Crippen LogP contribution in [0, 0.1) is 5.92 Å². The molecule has 1 rings (SSSR count). The minimum Gasteiger partial charge on any atom is -0.342 e. The van der Waals surface area contributed by atoms with E-state index in [0.29, 0.717) is 5.91 Å². The third-order valence-corrected chi connectivity index (χ3v) is 5.21. The molecule has 1 fully saturated rings. The molecule has 1 aliphatic heterocycles. The Morgan fingerprint density at radius 1 is 0.833 bits per heavy atom. The van der Waals surface area contributed by atoms with Crippen molar-refractivity contribution in [2.24, 2.45) is 5.92 Å². The monoisotopic (exact) mass is 333 g/mol. The molecule has 1 heterocycles. The fourth-order valence-electron chi connectivity index (χ4n) is 3.56. The maximum Gasteiger partial charge on any atom is 0.229 e. The number of likely N-dealkylation sites (tertiary alicyclic amines) is 1. The minimum absolute atomic E-state index is 0.0898. The van der Waals surface area contributed by atoms with Crippen molar-refractivity contribution in [2.75, 3.05) is 13.1 Å². The fourth-order valence-corrected chi connectivity index (χ4v) is 3.56. The molecule has 0 saturated carbocycles. The highest BCUT2D eigenvalue weighted by molar-refractivity contribution is 5.82. The second kappa shape index (κ2) is 14.3. The van der Waals surface area contributed by atoms with E-state index in [4.69, 9.17) is 0 Å². The lowest BCUT2D eigenvalue weighted by Crippen LogP contribution is -2.27.